The van der Waals surface area contributed by atoms with Crippen molar-refractivity contribution in [3.63, 3.8) is 0 Å². The van der Waals surface area contributed by atoms with Gasteiger partial charge in [0.1, 0.15) is 20.7 Å². The fourth-order valence-electron chi connectivity index (χ4n) is 1.38. The molecule has 2 aromatic rings. The van der Waals surface area contributed by atoms with Crippen LogP contribution in [0.15, 0.2) is 60.7 Å². The molecule has 0 amide bonds. The molecule has 90 valence electrons. The molecule has 0 bridgehead atoms. The summed E-state index contributed by atoms with van der Waals surface area (Å²) < 4.78 is 28.1. The molecule has 0 saturated heterocycles. The van der Waals surface area contributed by atoms with E-state index in [1.54, 1.807) is 35.7 Å². The Hall–Kier alpha value is -0.980. The van der Waals surface area contributed by atoms with Crippen molar-refractivity contribution in [3.05, 3.63) is 47.2 Å². The molecule has 17 heavy (non-hydrogen) atoms. The van der Waals surface area contributed by atoms with E-state index in [2.05, 4.69) is 3.77 Å². The maximum Gasteiger partial charge on any atom is 0.145 e. The highest BCUT2D eigenvalue weighted by molar-refractivity contribution is 8.01. The molecular formula is C11H11NO2S3. The smallest absolute Gasteiger partial charge is 0.145 e. The fraction of sp³-hybridized carbons (Fsp3) is 0.0909. The van der Waals surface area contributed by atoms with E-state index in [1.807, 2.05) is 11.4 Å². The lowest BCUT2D eigenvalue weighted by Crippen LogP contribution is -2.02. The Kier molecular flexibility index (Phi) is 3.76. The Morgan fingerprint density at radius 1 is 1.18 bits per heavy atom. The first-order valence-corrected chi connectivity index (χ1v) is 8.78. The average Bonchev–Trinajstić information content (AvgIpc) is 2.83. The maximum absolute atomic E-state index is 12.9. The van der Waals surface area contributed by atoms with Crippen LogP contribution in [0, 0.1) is 0 Å². The normalized spacial score (nSPS) is 16.1. The Morgan fingerprint density at radius 2 is 1.88 bits per heavy atom. The number of nitrogens with zero attached hydrogens (tertiary/aromatic N) is 1. The minimum absolute atomic E-state index is 0.591. The summed E-state index contributed by atoms with van der Waals surface area (Å²) in [6.45, 7) is 0. The highest BCUT2D eigenvalue weighted by Crippen LogP contribution is 2.25. The van der Waals surface area contributed by atoms with E-state index in [1.165, 1.54) is 17.6 Å². The van der Waals surface area contributed by atoms with Crippen molar-refractivity contribution in [2.45, 2.75) is 9.79 Å². The van der Waals surface area contributed by atoms with Crippen LogP contribution in [0.1, 0.15) is 0 Å². The van der Waals surface area contributed by atoms with Gasteiger partial charge < -0.3 is 0 Å². The quantitative estimate of drug-likeness (QED) is 0.870. The third-order valence-corrected chi connectivity index (χ3v) is 6.40. The van der Waals surface area contributed by atoms with E-state index < -0.39 is 20.7 Å². The summed E-state index contributed by atoms with van der Waals surface area (Å²) in [6.07, 6.45) is 1.43. The number of thiophene rings is 1. The molecule has 2 atom stereocenters. The molecule has 1 aromatic heterocycles. The molecule has 2 rings (SSSR count). The summed E-state index contributed by atoms with van der Waals surface area (Å²) in [7, 11) is -4.23. The van der Waals surface area contributed by atoms with Crippen LogP contribution < -0.4 is 0 Å². The molecule has 0 fully saturated rings. The molecule has 0 aliphatic heterocycles. The zero-order valence-corrected chi connectivity index (χ0v) is 11.6. The molecular weight excluding hydrogens is 274 g/mol. The molecule has 1 aromatic carbocycles. The standard InChI is InChI=1S/C11H11NO2S3/c1-16(13)12-17(14,11-7-8-15-9-11)10-5-3-2-4-6-10/h2-9H,1H3. The minimum atomic E-state index is -2.77. The van der Waals surface area contributed by atoms with Crippen LogP contribution in [0.2, 0.25) is 0 Å². The van der Waals surface area contributed by atoms with E-state index in [4.69, 9.17) is 0 Å². The van der Waals surface area contributed by atoms with Gasteiger partial charge in [-0.15, -0.1) is 3.77 Å². The molecule has 2 unspecified atom stereocenters. The van der Waals surface area contributed by atoms with E-state index in [9.17, 15) is 8.42 Å². The van der Waals surface area contributed by atoms with Gasteiger partial charge in [0, 0.05) is 11.6 Å². The topological polar surface area (TPSA) is 46.5 Å². The predicted molar refractivity (Wildman–Crippen MR) is 71.9 cm³/mol. The lowest BCUT2D eigenvalue weighted by molar-refractivity contribution is 0.675. The van der Waals surface area contributed by atoms with Crippen LogP contribution in [0.25, 0.3) is 0 Å². The molecule has 0 saturated carbocycles. The predicted octanol–water partition coefficient (Wildman–Crippen LogP) is 2.93. The third kappa shape index (κ3) is 2.65. The maximum atomic E-state index is 12.9. The number of rotatable bonds is 3. The molecule has 0 N–H and O–H groups in total. The SMILES string of the molecule is CS(=O)N=S(=O)(c1ccccc1)c1ccsc1. The second-order valence-corrected chi connectivity index (χ2v) is 7.51. The summed E-state index contributed by atoms with van der Waals surface area (Å²) in [5.74, 6) is 0. The highest BCUT2D eigenvalue weighted by atomic mass is 32.3. The lowest BCUT2D eigenvalue weighted by atomic mass is 10.4. The van der Waals surface area contributed by atoms with Crippen molar-refractivity contribution < 1.29 is 8.42 Å². The van der Waals surface area contributed by atoms with Gasteiger partial charge in [0.15, 0.2) is 0 Å². The van der Waals surface area contributed by atoms with Gasteiger partial charge in [-0.25, -0.2) is 8.42 Å². The van der Waals surface area contributed by atoms with Gasteiger partial charge in [-0.3, -0.25) is 0 Å². The van der Waals surface area contributed by atoms with E-state index in [0.29, 0.717) is 9.79 Å². The van der Waals surface area contributed by atoms with Gasteiger partial charge in [0.05, 0.1) is 9.79 Å². The van der Waals surface area contributed by atoms with Crippen LogP contribution in [0.3, 0.4) is 0 Å². The molecule has 1 heterocycles. The van der Waals surface area contributed by atoms with Crippen LogP contribution >= 0.6 is 11.3 Å². The van der Waals surface area contributed by atoms with Gasteiger partial charge in [0.25, 0.3) is 0 Å². The number of hydrogen-bond acceptors (Lipinski definition) is 3. The first-order chi connectivity index (χ1) is 8.13. The van der Waals surface area contributed by atoms with E-state index in [0.717, 1.165) is 0 Å². The Labute approximate surface area is 107 Å². The zero-order chi connectivity index (χ0) is 12.3. The van der Waals surface area contributed by atoms with Crippen LogP contribution in [0.4, 0.5) is 0 Å². The zero-order valence-electron chi connectivity index (χ0n) is 9.11. The monoisotopic (exact) mass is 285 g/mol. The Balaban J connectivity index is 2.70. The second-order valence-electron chi connectivity index (χ2n) is 3.30. The fourth-order valence-corrected chi connectivity index (χ4v) is 5.60. The number of hydrogen-bond donors (Lipinski definition) is 0. The average molecular weight is 285 g/mol. The van der Waals surface area contributed by atoms with Gasteiger partial charge in [-0.2, -0.15) is 11.3 Å². The van der Waals surface area contributed by atoms with E-state index >= 15 is 0 Å². The van der Waals surface area contributed by atoms with Crippen molar-refractivity contribution in [3.8, 4) is 0 Å². The highest BCUT2D eigenvalue weighted by Gasteiger charge is 2.16. The first-order valence-electron chi connectivity index (χ1n) is 4.81. The van der Waals surface area contributed by atoms with Crippen molar-refractivity contribution in [2.24, 2.45) is 3.77 Å². The van der Waals surface area contributed by atoms with Crippen LogP contribution in [-0.2, 0) is 20.7 Å². The summed E-state index contributed by atoms with van der Waals surface area (Å²) >= 11 is 1.45. The van der Waals surface area contributed by atoms with Crippen molar-refractivity contribution in [1.29, 1.82) is 0 Å². The summed E-state index contributed by atoms with van der Waals surface area (Å²) in [5, 5.41) is 3.62. The molecule has 0 spiro atoms. The number of benzene rings is 1. The molecule has 3 nitrogen and oxygen atoms in total. The lowest BCUT2D eigenvalue weighted by Gasteiger charge is -2.07. The molecule has 6 heteroatoms. The Bertz CT molecular complexity index is 626. The summed E-state index contributed by atoms with van der Waals surface area (Å²) in [6, 6.07) is 10.7. The van der Waals surface area contributed by atoms with Crippen molar-refractivity contribution >= 4 is 32.1 Å². The summed E-state index contributed by atoms with van der Waals surface area (Å²) in [4.78, 5) is 1.21. The van der Waals surface area contributed by atoms with Gasteiger partial charge >= 0.3 is 0 Å². The van der Waals surface area contributed by atoms with E-state index in [-0.39, 0.29) is 0 Å². The van der Waals surface area contributed by atoms with Crippen LogP contribution in [0.5, 0.6) is 0 Å². The molecule has 0 aliphatic carbocycles. The van der Waals surface area contributed by atoms with Gasteiger partial charge in [-0.05, 0) is 23.6 Å². The molecule has 0 aliphatic rings. The van der Waals surface area contributed by atoms with Crippen LogP contribution in [-0.4, -0.2) is 14.7 Å². The third-order valence-electron chi connectivity index (χ3n) is 2.09. The van der Waals surface area contributed by atoms with Crippen molar-refractivity contribution in [1.82, 2.24) is 0 Å². The second kappa shape index (κ2) is 5.12. The minimum Gasteiger partial charge on any atom is -0.239 e. The molecule has 0 radical (unpaired) electrons. The van der Waals surface area contributed by atoms with Gasteiger partial charge in [-0.1, -0.05) is 18.2 Å². The Morgan fingerprint density at radius 3 is 2.41 bits per heavy atom. The first kappa shape index (κ1) is 12.5. The van der Waals surface area contributed by atoms with Crippen molar-refractivity contribution in [2.75, 3.05) is 6.26 Å². The summed E-state index contributed by atoms with van der Waals surface area (Å²) in [5.41, 5.74) is 0. The van der Waals surface area contributed by atoms with Gasteiger partial charge in [0.2, 0.25) is 0 Å². The largest absolute Gasteiger partial charge is 0.239 e.